The fourth-order valence-electron chi connectivity index (χ4n) is 1.10. The Morgan fingerprint density at radius 2 is 2.36 bits per heavy atom. The molecule has 1 atom stereocenters. The van der Waals surface area contributed by atoms with Gasteiger partial charge in [0.2, 0.25) is 0 Å². The lowest BCUT2D eigenvalue weighted by molar-refractivity contribution is 0.284. The maximum atomic E-state index is 10.5. The second-order valence-corrected chi connectivity index (χ2v) is 4.43. The molecule has 0 bridgehead atoms. The summed E-state index contributed by atoms with van der Waals surface area (Å²) in [5.41, 5.74) is 0. The molecular weight excluding hydrogens is 166 g/mol. The Morgan fingerprint density at radius 1 is 1.64 bits per heavy atom. The number of rotatable bonds is 3. The van der Waals surface area contributed by atoms with Gasteiger partial charge in [-0.15, -0.1) is 0 Å². The normalized spacial score (nSPS) is 25.7. The molecule has 4 nitrogen and oxygen atoms in total. The maximum Gasteiger partial charge on any atom is 0.264 e. The summed E-state index contributed by atoms with van der Waals surface area (Å²) in [6.07, 6.45) is 3.19. The van der Waals surface area contributed by atoms with Crippen LogP contribution >= 0.6 is 0 Å². The van der Waals surface area contributed by atoms with Crippen molar-refractivity contribution < 1.29 is 12.6 Å². The summed E-state index contributed by atoms with van der Waals surface area (Å²) in [6, 6.07) is 0.227. The van der Waals surface area contributed by atoms with E-state index in [9.17, 15) is 8.42 Å². The SMILES string of the molecule is CS(=O)(=O)OCC1CCCN1. The highest BCUT2D eigenvalue weighted by atomic mass is 32.2. The molecule has 0 aromatic carbocycles. The molecule has 1 aliphatic rings. The molecule has 0 aromatic heterocycles. The van der Waals surface area contributed by atoms with E-state index in [-0.39, 0.29) is 12.6 Å². The van der Waals surface area contributed by atoms with Gasteiger partial charge in [0.1, 0.15) is 0 Å². The molecule has 0 aromatic rings. The van der Waals surface area contributed by atoms with Crippen molar-refractivity contribution in [2.45, 2.75) is 18.9 Å². The molecule has 1 N–H and O–H groups in total. The first-order valence-electron chi connectivity index (χ1n) is 3.66. The second kappa shape index (κ2) is 3.51. The van der Waals surface area contributed by atoms with E-state index in [2.05, 4.69) is 9.50 Å². The molecule has 1 heterocycles. The van der Waals surface area contributed by atoms with Gasteiger partial charge in [-0.25, -0.2) is 0 Å². The second-order valence-electron chi connectivity index (χ2n) is 2.78. The predicted octanol–water partition coefficient (Wildman–Crippen LogP) is -0.285. The van der Waals surface area contributed by atoms with E-state index < -0.39 is 10.1 Å². The van der Waals surface area contributed by atoms with Crippen molar-refractivity contribution in [2.75, 3.05) is 19.4 Å². The zero-order chi connectivity index (χ0) is 8.32. The van der Waals surface area contributed by atoms with Crippen LogP contribution in [0.2, 0.25) is 0 Å². The Morgan fingerprint density at radius 3 is 2.82 bits per heavy atom. The Labute approximate surface area is 67.1 Å². The van der Waals surface area contributed by atoms with Crippen LogP contribution in [-0.4, -0.2) is 33.9 Å². The average Bonchev–Trinajstić information content (AvgIpc) is 2.32. The zero-order valence-corrected chi connectivity index (χ0v) is 7.36. The summed E-state index contributed by atoms with van der Waals surface area (Å²) >= 11 is 0. The van der Waals surface area contributed by atoms with Crippen molar-refractivity contribution in [1.29, 1.82) is 0 Å². The summed E-state index contributed by atoms with van der Waals surface area (Å²) in [5, 5.41) is 3.14. The van der Waals surface area contributed by atoms with Gasteiger partial charge in [-0.3, -0.25) is 4.18 Å². The van der Waals surface area contributed by atoms with Crippen LogP contribution < -0.4 is 5.32 Å². The molecule has 1 rings (SSSR count). The van der Waals surface area contributed by atoms with Gasteiger partial charge >= 0.3 is 0 Å². The maximum absolute atomic E-state index is 10.5. The molecule has 66 valence electrons. The van der Waals surface area contributed by atoms with E-state index in [0.29, 0.717) is 0 Å². The number of nitrogens with one attached hydrogen (secondary N) is 1. The Kier molecular flexibility index (Phi) is 2.86. The van der Waals surface area contributed by atoms with Crippen LogP contribution in [0.25, 0.3) is 0 Å². The minimum Gasteiger partial charge on any atom is -0.312 e. The van der Waals surface area contributed by atoms with Crippen LogP contribution in [0.15, 0.2) is 0 Å². The standard InChI is InChI=1S/C6H13NO3S/c1-11(8,9)10-5-6-3-2-4-7-6/h6-7H,2-5H2,1H3. The lowest BCUT2D eigenvalue weighted by Crippen LogP contribution is -2.27. The molecular formula is C6H13NO3S. The summed E-state index contributed by atoms with van der Waals surface area (Å²) in [4.78, 5) is 0. The summed E-state index contributed by atoms with van der Waals surface area (Å²) in [5.74, 6) is 0. The van der Waals surface area contributed by atoms with E-state index in [0.717, 1.165) is 25.6 Å². The largest absolute Gasteiger partial charge is 0.312 e. The first kappa shape index (κ1) is 8.96. The van der Waals surface area contributed by atoms with E-state index >= 15 is 0 Å². The van der Waals surface area contributed by atoms with E-state index in [4.69, 9.17) is 0 Å². The minimum absolute atomic E-state index is 0.227. The van der Waals surface area contributed by atoms with E-state index in [1.54, 1.807) is 0 Å². The molecule has 1 saturated heterocycles. The third-order valence-electron chi connectivity index (χ3n) is 1.65. The monoisotopic (exact) mass is 179 g/mol. The van der Waals surface area contributed by atoms with Gasteiger partial charge in [-0.2, -0.15) is 8.42 Å². The van der Waals surface area contributed by atoms with Crippen molar-refractivity contribution in [3.05, 3.63) is 0 Å². The van der Waals surface area contributed by atoms with Crippen LogP contribution in [-0.2, 0) is 14.3 Å². The molecule has 1 aliphatic heterocycles. The summed E-state index contributed by atoms with van der Waals surface area (Å²) < 4.78 is 25.7. The third kappa shape index (κ3) is 3.69. The van der Waals surface area contributed by atoms with Crippen LogP contribution in [0.3, 0.4) is 0 Å². The van der Waals surface area contributed by atoms with Crippen molar-refractivity contribution in [1.82, 2.24) is 5.32 Å². The molecule has 5 heteroatoms. The zero-order valence-electron chi connectivity index (χ0n) is 6.54. The molecule has 0 aliphatic carbocycles. The highest BCUT2D eigenvalue weighted by Crippen LogP contribution is 2.05. The summed E-state index contributed by atoms with van der Waals surface area (Å²) in [7, 11) is -3.25. The van der Waals surface area contributed by atoms with Gasteiger partial charge < -0.3 is 5.32 Å². The first-order chi connectivity index (χ1) is 5.08. The Bertz CT molecular complexity index is 206. The average molecular weight is 179 g/mol. The molecule has 11 heavy (non-hydrogen) atoms. The lowest BCUT2D eigenvalue weighted by atomic mass is 10.2. The molecule has 1 fully saturated rings. The molecule has 0 spiro atoms. The van der Waals surface area contributed by atoms with Gasteiger partial charge in [0.25, 0.3) is 10.1 Å². The fourth-order valence-corrected chi connectivity index (χ4v) is 1.52. The number of hydrogen-bond donors (Lipinski definition) is 1. The van der Waals surface area contributed by atoms with Gasteiger partial charge in [0.15, 0.2) is 0 Å². The van der Waals surface area contributed by atoms with Crippen LogP contribution in [0.1, 0.15) is 12.8 Å². The van der Waals surface area contributed by atoms with E-state index in [1.807, 2.05) is 0 Å². The van der Waals surface area contributed by atoms with Gasteiger partial charge in [0, 0.05) is 6.04 Å². The molecule has 0 radical (unpaired) electrons. The number of hydrogen-bond acceptors (Lipinski definition) is 4. The summed E-state index contributed by atoms with van der Waals surface area (Å²) in [6.45, 7) is 1.25. The molecule has 0 saturated carbocycles. The third-order valence-corrected chi connectivity index (χ3v) is 2.21. The highest BCUT2D eigenvalue weighted by molar-refractivity contribution is 7.85. The Hall–Kier alpha value is -0.130. The smallest absolute Gasteiger partial charge is 0.264 e. The van der Waals surface area contributed by atoms with Crippen LogP contribution in [0.4, 0.5) is 0 Å². The molecule has 1 unspecified atom stereocenters. The van der Waals surface area contributed by atoms with Crippen molar-refractivity contribution >= 4 is 10.1 Å². The van der Waals surface area contributed by atoms with Gasteiger partial charge in [-0.05, 0) is 19.4 Å². The van der Waals surface area contributed by atoms with Crippen molar-refractivity contribution in [2.24, 2.45) is 0 Å². The van der Waals surface area contributed by atoms with Gasteiger partial charge in [-0.1, -0.05) is 0 Å². The first-order valence-corrected chi connectivity index (χ1v) is 5.47. The van der Waals surface area contributed by atoms with E-state index in [1.165, 1.54) is 0 Å². The highest BCUT2D eigenvalue weighted by Gasteiger charge is 2.15. The van der Waals surface area contributed by atoms with Crippen molar-refractivity contribution in [3.63, 3.8) is 0 Å². The predicted molar refractivity (Wildman–Crippen MR) is 41.8 cm³/mol. The lowest BCUT2D eigenvalue weighted by Gasteiger charge is -2.07. The van der Waals surface area contributed by atoms with Crippen LogP contribution in [0.5, 0.6) is 0 Å². The minimum atomic E-state index is -3.25. The fraction of sp³-hybridized carbons (Fsp3) is 1.00. The Balaban J connectivity index is 2.22. The molecule has 0 amide bonds. The van der Waals surface area contributed by atoms with Crippen molar-refractivity contribution in [3.8, 4) is 0 Å². The quantitative estimate of drug-likeness (QED) is 0.605. The van der Waals surface area contributed by atoms with Gasteiger partial charge in [0.05, 0.1) is 12.9 Å². The topological polar surface area (TPSA) is 55.4 Å². The van der Waals surface area contributed by atoms with Crippen LogP contribution in [0, 0.1) is 0 Å².